The smallest absolute Gasteiger partial charge is 0.277 e. The Bertz CT molecular complexity index is 1160. The molecule has 4 rings (SSSR count). The number of hydrogen-bond donors (Lipinski definition) is 3. The lowest BCUT2D eigenvalue weighted by Gasteiger charge is -2.17. The molecule has 2 heterocycles. The Hall–Kier alpha value is -3.59. The van der Waals surface area contributed by atoms with Gasteiger partial charge in [-0.1, -0.05) is 48.2 Å². The monoisotopic (exact) mass is 421 g/mol. The molecule has 4 N–H and O–H groups in total. The van der Waals surface area contributed by atoms with Crippen molar-refractivity contribution >= 4 is 40.8 Å². The average molecular weight is 421 g/mol. The van der Waals surface area contributed by atoms with Crippen LogP contribution in [0.3, 0.4) is 0 Å². The van der Waals surface area contributed by atoms with E-state index in [1.54, 1.807) is 35.2 Å². The van der Waals surface area contributed by atoms with E-state index in [-0.39, 0.29) is 28.3 Å². The summed E-state index contributed by atoms with van der Waals surface area (Å²) >= 11 is 1.09. The summed E-state index contributed by atoms with van der Waals surface area (Å²) in [5.74, 6) is -0.540. The Balaban J connectivity index is 1.43. The minimum Gasteiger partial charge on any atom is -0.382 e. The van der Waals surface area contributed by atoms with Gasteiger partial charge in [0.2, 0.25) is 5.91 Å². The molecule has 0 saturated carbocycles. The van der Waals surface area contributed by atoms with Crippen molar-refractivity contribution in [1.82, 2.24) is 9.97 Å². The molecule has 2 amide bonds. The molecule has 30 heavy (non-hydrogen) atoms. The number of nitrogens with two attached hydrogens (primary N) is 1. The van der Waals surface area contributed by atoms with Crippen LogP contribution in [0.15, 0.2) is 64.5 Å². The summed E-state index contributed by atoms with van der Waals surface area (Å²) in [7, 11) is 0. The number of aromatic amines is 1. The highest BCUT2D eigenvalue weighted by Crippen LogP contribution is 2.28. The molecule has 1 aliphatic heterocycles. The fourth-order valence-corrected chi connectivity index (χ4v) is 3.98. The third kappa shape index (κ3) is 4.06. The van der Waals surface area contributed by atoms with Crippen LogP contribution in [0.1, 0.15) is 15.9 Å². The van der Waals surface area contributed by atoms with Gasteiger partial charge in [0.15, 0.2) is 11.0 Å². The van der Waals surface area contributed by atoms with Crippen LogP contribution < -0.4 is 21.5 Å². The maximum absolute atomic E-state index is 12.6. The SMILES string of the molecule is Nc1nc(SCC(=O)N2CCc3ccccc32)[nH]c(=O)c1NC(=O)c1ccccc1. The number of carbonyl (C=O) groups excluding carboxylic acids is 2. The molecular weight excluding hydrogens is 402 g/mol. The van der Waals surface area contributed by atoms with Crippen LogP contribution in [0.5, 0.6) is 0 Å². The van der Waals surface area contributed by atoms with Crippen LogP contribution >= 0.6 is 11.8 Å². The van der Waals surface area contributed by atoms with Gasteiger partial charge in [0.25, 0.3) is 11.5 Å². The second-order valence-electron chi connectivity index (χ2n) is 6.66. The van der Waals surface area contributed by atoms with Gasteiger partial charge in [-0.2, -0.15) is 0 Å². The number of nitrogens with zero attached hydrogens (tertiary/aromatic N) is 2. The zero-order valence-corrected chi connectivity index (χ0v) is 16.7. The second kappa shape index (κ2) is 8.42. The van der Waals surface area contributed by atoms with Crippen molar-refractivity contribution in [1.29, 1.82) is 0 Å². The first-order valence-electron chi connectivity index (χ1n) is 9.30. The van der Waals surface area contributed by atoms with E-state index in [1.807, 2.05) is 24.3 Å². The number of anilines is 3. The largest absolute Gasteiger partial charge is 0.382 e. The number of para-hydroxylation sites is 1. The van der Waals surface area contributed by atoms with Gasteiger partial charge in [-0.25, -0.2) is 4.98 Å². The van der Waals surface area contributed by atoms with Crippen LogP contribution in [0.4, 0.5) is 17.2 Å². The number of carbonyl (C=O) groups is 2. The van der Waals surface area contributed by atoms with Crippen molar-refractivity contribution in [3.63, 3.8) is 0 Å². The Morgan fingerprint density at radius 3 is 2.63 bits per heavy atom. The van der Waals surface area contributed by atoms with Crippen LogP contribution in [0.25, 0.3) is 0 Å². The van der Waals surface area contributed by atoms with Crippen molar-refractivity contribution in [3.8, 4) is 0 Å². The average Bonchev–Trinajstić information content (AvgIpc) is 3.19. The number of hydrogen-bond acceptors (Lipinski definition) is 6. The van der Waals surface area contributed by atoms with Gasteiger partial charge in [0.1, 0.15) is 5.69 Å². The molecule has 0 spiro atoms. The number of nitrogens with one attached hydrogen (secondary N) is 2. The maximum atomic E-state index is 12.6. The second-order valence-corrected chi connectivity index (χ2v) is 7.63. The molecule has 3 aromatic rings. The molecule has 0 unspecified atom stereocenters. The maximum Gasteiger partial charge on any atom is 0.277 e. The topological polar surface area (TPSA) is 121 Å². The Morgan fingerprint density at radius 1 is 1.13 bits per heavy atom. The summed E-state index contributed by atoms with van der Waals surface area (Å²) in [6, 6.07) is 16.3. The summed E-state index contributed by atoms with van der Waals surface area (Å²) in [5, 5.41) is 2.71. The van der Waals surface area contributed by atoms with E-state index in [4.69, 9.17) is 5.73 Å². The number of amides is 2. The van der Waals surface area contributed by atoms with Crippen molar-refractivity contribution in [2.45, 2.75) is 11.6 Å². The van der Waals surface area contributed by atoms with Crippen molar-refractivity contribution in [2.24, 2.45) is 0 Å². The Labute approximate surface area is 176 Å². The molecule has 1 aliphatic rings. The molecule has 152 valence electrons. The predicted molar refractivity (Wildman–Crippen MR) is 117 cm³/mol. The van der Waals surface area contributed by atoms with Crippen molar-refractivity contribution in [2.75, 3.05) is 28.2 Å². The third-order valence-corrected chi connectivity index (χ3v) is 5.58. The standard InChI is InChI=1S/C21H19N5O3S/c22-18-17(23-19(28)14-7-2-1-3-8-14)20(29)25-21(24-18)30-12-16(27)26-11-10-13-6-4-5-9-15(13)26/h1-9H,10-12H2,(H,23,28)(H3,22,24,25,29). The number of benzene rings is 2. The molecular formula is C21H19N5O3S. The molecule has 0 aliphatic carbocycles. The fraction of sp³-hybridized carbons (Fsp3) is 0.143. The first kappa shape index (κ1) is 19.7. The molecule has 0 atom stereocenters. The lowest BCUT2D eigenvalue weighted by Crippen LogP contribution is -2.30. The first-order valence-corrected chi connectivity index (χ1v) is 10.3. The summed E-state index contributed by atoms with van der Waals surface area (Å²) in [6.07, 6.45) is 0.824. The van der Waals surface area contributed by atoms with Crippen LogP contribution in [-0.2, 0) is 11.2 Å². The summed E-state index contributed by atoms with van der Waals surface area (Å²) in [4.78, 5) is 45.7. The van der Waals surface area contributed by atoms with E-state index >= 15 is 0 Å². The van der Waals surface area contributed by atoms with E-state index in [2.05, 4.69) is 15.3 Å². The van der Waals surface area contributed by atoms with Crippen molar-refractivity contribution in [3.05, 3.63) is 76.1 Å². The van der Waals surface area contributed by atoms with Gasteiger partial charge in [0, 0.05) is 17.8 Å². The van der Waals surface area contributed by atoms with E-state index < -0.39 is 11.5 Å². The quantitative estimate of drug-likeness (QED) is 0.429. The van der Waals surface area contributed by atoms with Crippen LogP contribution in [0.2, 0.25) is 0 Å². The molecule has 1 aromatic heterocycles. The van der Waals surface area contributed by atoms with E-state index in [0.29, 0.717) is 12.1 Å². The number of thioether (sulfide) groups is 1. The highest BCUT2D eigenvalue weighted by atomic mass is 32.2. The number of aromatic nitrogens is 2. The predicted octanol–water partition coefficient (Wildman–Crippen LogP) is 2.29. The fourth-order valence-electron chi connectivity index (χ4n) is 3.24. The molecule has 0 fully saturated rings. The van der Waals surface area contributed by atoms with Crippen molar-refractivity contribution < 1.29 is 9.59 Å². The van der Waals surface area contributed by atoms with Gasteiger partial charge in [-0.05, 0) is 30.2 Å². The van der Waals surface area contributed by atoms with Gasteiger partial charge in [0.05, 0.1) is 5.75 Å². The van der Waals surface area contributed by atoms with Gasteiger partial charge in [-0.15, -0.1) is 0 Å². The van der Waals surface area contributed by atoms with E-state index in [9.17, 15) is 14.4 Å². The number of fused-ring (bicyclic) bond motifs is 1. The van der Waals surface area contributed by atoms with Crippen LogP contribution in [-0.4, -0.2) is 34.1 Å². The Kier molecular flexibility index (Phi) is 5.53. The molecule has 8 nitrogen and oxygen atoms in total. The molecule has 2 aromatic carbocycles. The lowest BCUT2D eigenvalue weighted by molar-refractivity contribution is -0.116. The van der Waals surface area contributed by atoms with Gasteiger partial charge in [-0.3, -0.25) is 19.4 Å². The first-order chi connectivity index (χ1) is 14.5. The summed E-state index contributed by atoms with van der Waals surface area (Å²) in [6.45, 7) is 0.634. The minimum absolute atomic E-state index is 0.0763. The van der Waals surface area contributed by atoms with Gasteiger partial charge < -0.3 is 16.0 Å². The van der Waals surface area contributed by atoms with E-state index in [0.717, 1.165) is 29.4 Å². The third-order valence-electron chi connectivity index (χ3n) is 4.72. The van der Waals surface area contributed by atoms with Crippen LogP contribution in [0, 0.1) is 0 Å². The zero-order chi connectivity index (χ0) is 21.1. The highest BCUT2D eigenvalue weighted by Gasteiger charge is 2.24. The zero-order valence-electron chi connectivity index (χ0n) is 15.9. The number of rotatable bonds is 5. The van der Waals surface area contributed by atoms with Gasteiger partial charge >= 0.3 is 0 Å². The highest BCUT2D eigenvalue weighted by molar-refractivity contribution is 7.99. The molecule has 0 radical (unpaired) electrons. The normalized spacial score (nSPS) is 12.5. The van der Waals surface area contributed by atoms with E-state index in [1.165, 1.54) is 0 Å². The molecule has 0 saturated heterocycles. The lowest BCUT2D eigenvalue weighted by atomic mass is 10.2. The molecule has 9 heteroatoms. The summed E-state index contributed by atoms with van der Waals surface area (Å²) < 4.78 is 0. The summed E-state index contributed by atoms with van der Waals surface area (Å²) in [5.41, 5.74) is 7.65. The number of H-pyrrole nitrogens is 1. The minimum atomic E-state index is -0.576. The Morgan fingerprint density at radius 2 is 1.87 bits per heavy atom. The number of nitrogen functional groups attached to an aromatic ring is 1. The molecule has 0 bridgehead atoms.